The number of methoxy groups -OCH3 is 1. The average Bonchev–Trinajstić information content (AvgIpc) is 3.24. The highest BCUT2D eigenvalue weighted by molar-refractivity contribution is 6.09. The second-order valence-electron chi connectivity index (χ2n) is 8.09. The summed E-state index contributed by atoms with van der Waals surface area (Å²) in [4.78, 5) is 21.7. The smallest absolute Gasteiger partial charge is 0.261 e. The zero-order valence-electron chi connectivity index (χ0n) is 18.4. The molecule has 1 aliphatic rings. The zero-order valence-corrected chi connectivity index (χ0v) is 18.4. The number of fused-ring (bicyclic) bond motifs is 1. The Morgan fingerprint density at radius 1 is 1.31 bits per heavy atom. The van der Waals surface area contributed by atoms with Gasteiger partial charge >= 0.3 is 0 Å². The number of aliphatic hydroxyl groups excluding tert-OH is 1. The first-order chi connectivity index (χ1) is 15.5. The highest BCUT2D eigenvalue weighted by Crippen LogP contribution is 2.30. The van der Waals surface area contributed by atoms with Gasteiger partial charge in [-0.15, -0.1) is 0 Å². The third-order valence-corrected chi connectivity index (χ3v) is 6.12. The minimum absolute atomic E-state index is 0.128. The zero-order chi connectivity index (χ0) is 22.7. The van der Waals surface area contributed by atoms with Gasteiger partial charge in [-0.1, -0.05) is 24.3 Å². The summed E-state index contributed by atoms with van der Waals surface area (Å²) < 4.78 is 7.18. The van der Waals surface area contributed by atoms with Crippen LogP contribution in [0.25, 0.3) is 16.5 Å². The third kappa shape index (κ3) is 4.16. The molecule has 3 aromatic rings. The highest BCUT2D eigenvalue weighted by Gasteiger charge is 2.28. The molecule has 0 bridgehead atoms. The molecule has 1 heterocycles. The van der Waals surface area contributed by atoms with Crippen LogP contribution in [0.15, 0.2) is 58.7 Å². The summed E-state index contributed by atoms with van der Waals surface area (Å²) in [7, 11) is 3.33. The Morgan fingerprint density at radius 2 is 2.09 bits per heavy atom. The van der Waals surface area contributed by atoms with E-state index < -0.39 is 6.10 Å². The minimum atomic E-state index is -0.506. The summed E-state index contributed by atoms with van der Waals surface area (Å²) in [5.74, 6) is 0.688. The topological polar surface area (TPSA) is 103 Å². The van der Waals surface area contributed by atoms with E-state index in [9.17, 15) is 9.90 Å². The lowest BCUT2D eigenvalue weighted by atomic mass is 9.99. The van der Waals surface area contributed by atoms with Gasteiger partial charge in [0.1, 0.15) is 5.75 Å². The van der Waals surface area contributed by atoms with Crippen LogP contribution < -0.4 is 16.0 Å². The molecule has 0 amide bonds. The molecule has 0 spiro atoms. The largest absolute Gasteiger partial charge is 0.496 e. The van der Waals surface area contributed by atoms with E-state index in [1.807, 2.05) is 36.4 Å². The quantitative estimate of drug-likeness (QED) is 0.583. The van der Waals surface area contributed by atoms with Crippen molar-refractivity contribution in [2.24, 2.45) is 10.7 Å². The molecule has 1 aromatic heterocycles. The first-order valence-corrected chi connectivity index (χ1v) is 10.7. The number of rotatable bonds is 6. The van der Waals surface area contributed by atoms with Crippen molar-refractivity contribution in [2.75, 3.05) is 14.2 Å². The standard InChI is InChI=1S/C25H28N4O3/c1-27-14-19(13-26)17-8-6-16(7-9-17)10-18-11-20-21(12-24(18)32-2)28-15-29(25(20)31)22-4-3-5-23(22)30/h6-9,11-15,22-23,30H,3-5,10,26H2,1-2H3/t22-,23-/m0/s1. The summed E-state index contributed by atoms with van der Waals surface area (Å²) >= 11 is 0. The van der Waals surface area contributed by atoms with E-state index in [1.165, 1.54) is 6.20 Å². The molecule has 4 rings (SSSR count). The van der Waals surface area contributed by atoms with Gasteiger partial charge in [0.2, 0.25) is 0 Å². The van der Waals surface area contributed by atoms with Gasteiger partial charge in [0.15, 0.2) is 0 Å². The first-order valence-electron chi connectivity index (χ1n) is 10.7. The number of hydrogen-bond acceptors (Lipinski definition) is 6. The summed E-state index contributed by atoms with van der Waals surface area (Å²) in [6.45, 7) is 0. The van der Waals surface area contributed by atoms with Crippen molar-refractivity contribution >= 4 is 22.7 Å². The number of aromatic nitrogens is 2. The lowest BCUT2D eigenvalue weighted by molar-refractivity contribution is 0.134. The van der Waals surface area contributed by atoms with Gasteiger partial charge in [-0.05, 0) is 42.0 Å². The SMILES string of the molecule is CN=CC(=CN)c1ccc(Cc2cc3c(=O)n([C@H]4CCC[C@@H]4O)cnc3cc2OC)cc1. The molecule has 7 nitrogen and oxygen atoms in total. The van der Waals surface area contributed by atoms with Gasteiger partial charge in [0, 0.05) is 37.5 Å². The molecule has 0 radical (unpaired) electrons. The third-order valence-electron chi connectivity index (χ3n) is 6.12. The predicted molar refractivity (Wildman–Crippen MR) is 127 cm³/mol. The Bertz CT molecular complexity index is 1230. The maximum Gasteiger partial charge on any atom is 0.261 e. The van der Waals surface area contributed by atoms with Crippen molar-refractivity contribution in [3.05, 3.63) is 76.0 Å². The molecule has 7 heteroatoms. The molecule has 0 saturated heterocycles. The lowest BCUT2D eigenvalue weighted by Gasteiger charge is -2.18. The van der Waals surface area contributed by atoms with Crippen LogP contribution in [0.2, 0.25) is 0 Å². The predicted octanol–water partition coefficient (Wildman–Crippen LogP) is 3.08. The van der Waals surface area contributed by atoms with Gasteiger partial charge in [-0.3, -0.25) is 14.4 Å². The summed E-state index contributed by atoms with van der Waals surface area (Å²) in [6.07, 6.45) is 7.30. The fourth-order valence-corrected chi connectivity index (χ4v) is 4.41. The molecule has 0 unspecified atom stereocenters. The number of aliphatic hydroxyl groups is 1. The van der Waals surface area contributed by atoms with Crippen LogP contribution in [0.4, 0.5) is 0 Å². The molecule has 1 saturated carbocycles. The molecular weight excluding hydrogens is 404 g/mol. The van der Waals surface area contributed by atoms with E-state index in [1.54, 1.807) is 31.3 Å². The van der Waals surface area contributed by atoms with Gasteiger partial charge in [-0.2, -0.15) is 0 Å². The van der Waals surface area contributed by atoms with Crippen molar-refractivity contribution in [1.82, 2.24) is 9.55 Å². The molecule has 1 aliphatic carbocycles. The Morgan fingerprint density at radius 3 is 2.72 bits per heavy atom. The van der Waals surface area contributed by atoms with E-state index >= 15 is 0 Å². The monoisotopic (exact) mass is 432 g/mol. The Kier molecular flexibility index (Phi) is 6.37. The van der Waals surface area contributed by atoms with E-state index in [0.29, 0.717) is 29.5 Å². The second kappa shape index (κ2) is 9.36. The van der Waals surface area contributed by atoms with Crippen molar-refractivity contribution in [1.29, 1.82) is 0 Å². The van der Waals surface area contributed by atoms with Crippen LogP contribution in [0.5, 0.6) is 5.75 Å². The average molecular weight is 433 g/mol. The van der Waals surface area contributed by atoms with Gasteiger partial charge in [0.05, 0.1) is 36.5 Å². The second-order valence-corrected chi connectivity index (χ2v) is 8.09. The molecule has 2 atom stereocenters. The normalized spacial score (nSPS) is 19.2. The lowest BCUT2D eigenvalue weighted by Crippen LogP contribution is -2.29. The summed E-state index contributed by atoms with van der Waals surface area (Å²) in [6, 6.07) is 11.5. The van der Waals surface area contributed by atoms with Crippen LogP contribution in [0.1, 0.15) is 42.0 Å². The first kappa shape index (κ1) is 21.8. The van der Waals surface area contributed by atoms with Crippen LogP contribution in [-0.2, 0) is 6.42 Å². The van der Waals surface area contributed by atoms with Crippen LogP contribution in [-0.4, -0.2) is 41.1 Å². The van der Waals surface area contributed by atoms with Crippen molar-refractivity contribution in [3.63, 3.8) is 0 Å². The number of allylic oxidation sites excluding steroid dienone is 1. The van der Waals surface area contributed by atoms with Gasteiger partial charge < -0.3 is 15.6 Å². The van der Waals surface area contributed by atoms with E-state index in [-0.39, 0.29) is 11.6 Å². The molecular formula is C25H28N4O3. The number of nitrogens with zero attached hydrogens (tertiary/aromatic N) is 3. The minimum Gasteiger partial charge on any atom is -0.496 e. The van der Waals surface area contributed by atoms with Crippen molar-refractivity contribution in [2.45, 2.75) is 37.8 Å². The highest BCUT2D eigenvalue weighted by atomic mass is 16.5. The van der Waals surface area contributed by atoms with E-state index in [0.717, 1.165) is 35.1 Å². The van der Waals surface area contributed by atoms with Crippen molar-refractivity contribution < 1.29 is 9.84 Å². The number of benzene rings is 2. The molecule has 166 valence electrons. The number of nitrogens with two attached hydrogens (primary N) is 1. The maximum absolute atomic E-state index is 13.2. The number of hydrogen-bond donors (Lipinski definition) is 2. The van der Waals surface area contributed by atoms with E-state index in [4.69, 9.17) is 10.5 Å². The fraction of sp³-hybridized carbons (Fsp3) is 0.320. The van der Waals surface area contributed by atoms with Crippen LogP contribution >= 0.6 is 0 Å². The Hall–Kier alpha value is -3.45. The fourth-order valence-electron chi connectivity index (χ4n) is 4.41. The van der Waals surface area contributed by atoms with Gasteiger partial charge in [-0.25, -0.2) is 4.98 Å². The Labute approximate surface area is 186 Å². The molecule has 2 aromatic carbocycles. The van der Waals surface area contributed by atoms with Gasteiger partial charge in [0.25, 0.3) is 5.56 Å². The summed E-state index contributed by atoms with van der Waals surface area (Å²) in [5, 5.41) is 10.8. The van der Waals surface area contributed by atoms with Crippen LogP contribution in [0.3, 0.4) is 0 Å². The maximum atomic E-state index is 13.2. The number of ether oxygens (including phenoxy) is 1. The molecule has 1 fully saturated rings. The molecule has 32 heavy (non-hydrogen) atoms. The molecule has 0 aliphatic heterocycles. The molecule has 3 N–H and O–H groups in total. The van der Waals surface area contributed by atoms with E-state index in [2.05, 4.69) is 9.98 Å². The Balaban J connectivity index is 1.70. The summed E-state index contributed by atoms with van der Waals surface area (Å²) in [5.41, 5.74) is 9.97. The van der Waals surface area contributed by atoms with Crippen molar-refractivity contribution in [3.8, 4) is 5.75 Å². The van der Waals surface area contributed by atoms with Crippen LogP contribution in [0, 0.1) is 0 Å². The number of aliphatic imine (C=N–C) groups is 1.